The number of carbonyl (C=O) groups is 2. The maximum atomic E-state index is 14.0. The number of carbonyl (C=O) groups excluding carboxylic acids is 2. The van der Waals surface area contributed by atoms with Crippen molar-refractivity contribution in [1.29, 1.82) is 0 Å². The van der Waals surface area contributed by atoms with Crippen LogP contribution in [0.3, 0.4) is 0 Å². The number of fused-ring (bicyclic) bond motifs is 1. The zero-order valence-corrected chi connectivity index (χ0v) is 21.4. The lowest BCUT2D eigenvalue weighted by Crippen LogP contribution is -2.45. The minimum Gasteiger partial charge on any atom is -0.496 e. The molecule has 1 aliphatic rings. The minimum atomic E-state index is -0.825. The van der Waals surface area contributed by atoms with Crippen molar-refractivity contribution < 1.29 is 19.1 Å². The summed E-state index contributed by atoms with van der Waals surface area (Å²) in [6, 6.07) is 17.9. The molecular weight excluding hydrogens is 490 g/mol. The molecule has 0 radical (unpaired) electrons. The average Bonchev–Trinajstić information content (AvgIpc) is 3.71. The van der Waals surface area contributed by atoms with Crippen molar-refractivity contribution >= 4 is 34.2 Å². The summed E-state index contributed by atoms with van der Waals surface area (Å²) in [5.41, 5.74) is 2.26. The first-order valence-corrected chi connectivity index (χ1v) is 13.1. The molecule has 9 nitrogen and oxygen atoms in total. The summed E-state index contributed by atoms with van der Waals surface area (Å²) in [5.74, 6) is 0.146. The van der Waals surface area contributed by atoms with Crippen LogP contribution < -0.4 is 10.1 Å². The van der Waals surface area contributed by atoms with E-state index in [0.717, 1.165) is 28.8 Å². The predicted molar refractivity (Wildman–Crippen MR) is 140 cm³/mol. The van der Waals surface area contributed by atoms with Gasteiger partial charge in [-0.2, -0.15) is 0 Å². The van der Waals surface area contributed by atoms with Crippen LogP contribution in [-0.2, 0) is 27.4 Å². The first-order chi connectivity index (χ1) is 18.1. The Morgan fingerprint density at radius 1 is 1.19 bits per heavy atom. The van der Waals surface area contributed by atoms with Crippen molar-refractivity contribution in [1.82, 2.24) is 25.2 Å². The third-order valence-electron chi connectivity index (χ3n) is 6.46. The lowest BCUT2D eigenvalue weighted by atomic mass is 10.1. The average molecular weight is 520 g/mol. The fraction of sp³-hybridized carbons (Fsp3) is 0.333. The van der Waals surface area contributed by atoms with Crippen LogP contribution >= 0.6 is 11.3 Å². The largest absolute Gasteiger partial charge is 0.496 e. The highest BCUT2D eigenvalue weighted by atomic mass is 32.1. The number of para-hydroxylation sites is 2. The maximum Gasteiger partial charge on any atom is 0.248 e. The molecule has 4 aromatic rings. The Morgan fingerprint density at radius 3 is 2.81 bits per heavy atom. The first kappa shape index (κ1) is 24.9. The van der Waals surface area contributed by atoms with Crippen LogP contribution in [0.2, 0.25) is 0 Å². The highest BCUT2D eigenvalue weighted by Gasteiger charge is 2.34. The standard InChI is InChI=1S/C27H29N5O4S/c1-35-23-12-5-2-8-19(23)17-31(25(33)18-32-22-11-4-3-10-21(22)29-30-32)26(24-13-7-15-37-24)27(34)28-16-20-9-6-14-36-20/h2-5,7-8,10-13,15,20,26H,6,9,14,16-18H2,1H3,(H,28,34)/t20-,26-/m0/s1. The van der Waals surface area contributed by atoms with E-state index in [1.54, 1.807) is 16.7 Å². The fourth-order valence-electron chi connectivity index (χ4n) is 4.58. The third-order valence-corrected chi connectivity index (χ3v) is 7.38. The van der Waals surface area contributed by atoms with Gasteiger partial charge in [0.25, 0.3) is 0 Å². The van der Waals surface area contributed by atoms with Gasteiger partial charge in [-0.1, -0.05) is 41.6 Å². The minimum absolute atomic E-state index is 0.00665. The zero-order chi connectivity index (χ0) is 25.6. The van der Waals surface area contributed by atoms with E-state index in [2.05, 4.69) is 15.6 Å². The van der Waals surface area contributed by atoms with E-state index in [-0.39, 0.29) is 31.0 Å². The number of nitrogens with zero attached hydrogens (tertiary/aromatic N) is 4. The molecule has 192 valence electrons. The molecule has 2 aromatic heterocycles. The van der Waals surface area contributed by atoms with Crippen LogP contribution in [0.15, 0.2) is 66.0 Å². The van der Waals surface area contributed by atoms with Crippen molar-refractivity contribution in [3.05, 3.63) is 76.5 Å². The topological polar surface area (TPSA) is 98.6 Å². The second-order valence-corrected chi connectivity index (χ2v) is 9.85. The second kappa shape index (κ2) is 11.5. The Hall–Kier alpha value is -3.76. The lowest BCUT2D eigenvalue weighted by Gasteiger charge is -2.31. The fourth-order valence-corrected chi connectivity index (χ4v) is 5.42. The van der Waals surface area contributed by atoms with Gasteiger partial charge in [-0.25, -0.2) is 4.68 Å². The summed E-state index contributed by atoms with van der Waals surface area (Å²) in [6.07, 6.45) is 1.89. The van der Waals surface area contributed by atoms with Gasteiger partial charge in [-0.3, -0.25) is 9.59 Å². The molecule has 5 rings (SSSR count). The highest BCUT2D eigenvalue weighted by Crippen LogP contribution is 2.30. The number of hydrogen-bond acceptors (Lipinski definition) is 7. The van der Waals surface area contributed by atoms with E-state index >= 15 is 0 Å². The molecule has 2 aromatic carbocycles. The predicted octanol–water partition coefficient (Wildman–Crippen LogP) is 3.57. The van der Waals surface area contributed by atoms with Crippen molar-refractivity contribution in [3.63, 3.8) is 0 Å². The number of nitrogens with one attached hydrogen (secondary N) is 1. The molecule has 1 fully saturated rings. The van der Waals surface area contributed by atoms with Crippen LogP contribution in [0, 0.1) is 0 Å². The van der Waals surface area contributed by atoms with Crippen LogP contribution in [0.4, 0.5) is 0 Å². The van der Waals surface area contributed by atoms with E-state index < -0.39 is 6.04 Å². The molecule has 1 aliphatic heterocycles. The summed E-state index contributed by atoms with van der Waals surface area (Å²) in [4.78, 5) is 30.0. The Morgan fingerprint density at radius 2 is 2.03 bits per heavy atom. The summed E-state index contributed by atoms with van der Waals surface area (Å²) in [6.45, 7) is 1.24. The molecule has 0 saturated carbocycles. The van der Waals surface area contributed by atoms with Crippen LogP contribution in [0.5, 0.6) is 5.75 Å². The van der Waals surface area contributed by atoms with Gasteiger partial charge in [-0.05, 0) is 42.5 Å². The highest BCUT2D eigenvalue weighted by molar-refractivity contribution is 7.10. The number of benzene rings is 2. The van der Waals surface area contributed by atoms with Gasteiger partial charge < -0.3 is 19.7 Å². The molecule has 0 unspecified atom stereocenters. The van der Waals surface area contributed by atoms with Gasteiger partial charge in [0.05, 0.1) is 25.3 Å². The Balaban J connectivity index is 1.48. The Bertz CT molecular complexity index is 1350. The normalized spacial score (nSPS) is 16.0. The third kappa shape index (κ3) is 5.65. The monoisotopic (exact) mass is 519 g/mol. The second-order valence-electron chi connectivity index (χ2n) is 8.87. The molecule has 10 heteroatoms. The molecule has 0 spiro atoms. The van der Waals surface area contributed by atoms with Crippen molar-refractivity contribution in [2.24, 2.45) is 0 Å². The molecule has 37 heavy (non-hydrogen) atoms. The summed E-state index contributed by atoms with van der Waals surface area (Å²) >= 11 is 1.44. The van der Waals surface area contributed by atoms with E-state index in [1.165, 1.54) is 11.3 Å². The zero-order valence-electron chi connectivity index (χ0n) is 20.6. The van der Waals surface area contributed by atoms with Crippen LogP contribution in [0.1, 0.15) is 29.3 Å². The molecular formula is C27H29N5O4S. The molecule has 2 amide bonds. The number of ether oxygens (including phenoxy) is 2. The molecule has 2 atom stereocenters. The summed E-state index contributed by atoms with van der Waals surface area (Å²) in [7, 11) is 1.59. The number of rotatable bonds is 10. The smallest absolute Gasteiger partial charge is 0.248 e. The number of aromatic nitrogens is 3. The van der Waals surface area contributed by atoms with Gasteiger partial charge in [0.1, 0.15) is 23.9 Å². The number of hydrogen-bond donors (Lipinski definition) is 1. The van der Waals surface area contributed by atoms with E-state index in [4.69, 9.17) is 9.47 Å². The SMILES string of the molecule is COc1ccccc1CN(C(=O)Cn1nnc2ccccc21)[C@H](C(=O)NC[C@@H]1CCCO1)c1cccs1. The molecule has 3 heterocycles. The van der Waals surface area contributed by atoms with Gasteiger partial charge in [0, 0.05) is 23.6 Å². The Kier molecular flexibility index (Phi) is 7.76. The summed E-state index contributed by atoms with van der Waals surface area (Å²) < 4.78 is 12.8. The van der Waals surface area contributed by atoms with Gasteiger partial charge >= 0.3 is 0 Å². The van der Waals surface area contributed by atoms with E-state index in [1.807, 2.05) is 66.0 Å². The number of methoxy groups -OCH3 is 1. The van der Waals surface area contributed by atoms with Crippen molar-refractivity contribution in [3.8, 4) is 5.75 Å². The maximum absolute atomic E-state index is 14.0. The molecule has 0 bridgehead atoms. The van der Waals surface area contributed by atoms with Gasteiger partial charge in [0.15, 0.2) is 0 Å². The van der Waals surface area contributed by atoms with E-state index in [0.29, 0.717) is 24.4 Å². The molecule has 0 aliphatic carbocycles. The van der Waals surface area contributed by atoms with Crippen molar-refractivity contribution in [2.45, 2.75) is 38.1 Å². The van der Waals surface area contributed by atoms with Crippen molar-refractivity contribution in [2.75, 3.05) is 20.3 Å². The Labute approximate surface area is 219 Å². The number of amides is 2. The van der Waals surface area contributed by atoms with Gasteiger partial charge in [-0.15, -0.1) is 16.4 Å². The van der Waals surface area contributed by atoms with E-state index in [9.17, 15) is 9.59 Å². The summed E-state index contributed by atoms with van der Waals surface area (Å²) in [5, 5.41) is 13.3. The number of thiophene rings is 1. The molecule has 1 saturated heterocycles. The van der Waals surface area contributed by atoms with Gasteiger partial charge in [0.2, 0.25) is 11.8 Å². The first-order valence-electron chi connectivity index (χ1n) is 12.3. The van der Waals surface area contributed by atoms with Crippen LogP contribution in [-0.4, -0.2) is 58.1 Å². The quantitative estimate of drug-likeness (QED) is 0.344. The lowest BCUT2D eigenvalue weighted by molar-refractivity contribution is -0.142. The van der Waals surface area contributed by atoms with Crippen LogP contribution in [0.25, 0.3) is 11.0 Å². The molecule has 1 N–H and O–H groups in total.